The molecule has 1 atom stereocenters. The van der Waals surface area contributed by atoms with Gasteiger partial charge in [0.1, 0.15) is 12.4 Å². The van der Waals surface area contributed by atoms with Gasteiger partial charge in [-0.3, -0.25) is 4.79 Å². The maximum atomic E-state index is 13.0. The van der Waals surface area contributed by atoms with Crippen LogP contribution in [0.4, 0.5) is 4.39 Å². The summed E-state index contributed by atoms with van der Waals surface area (Å²) in [5.41, 5.74) is 11.0. The Labute approximate surface area is 215 Å². The molecule has 0 bridgehead atoms. The molecule has 9 heteroatoms. The second-order valence-electron chi connectivity index (χ2n) is 9.71. The fraction of sp³-hybridized carbons (Fsp3) is 0.429. The normalized spacial score (nSPS) is 16.1. The van der Waals surface area contributed by atoms with Gasteiger partial charge >= 0.3 is 0 Å². The quantitative estimate of drug-likeness (QED) is 0.444. The summed E-state index contributed by atoms with van der Waals surface area (Å²) in [6.45, 7) is 2.12. The topological polar surface area (TPSA) is 87.5 Å². The minimum Gasteiger partial charge on any atom is -0.495 e. The predicted octanol–water partition coefficient (Wildman–Crippen LogP) is 3.83. The number of benzene rings is 2. The number of halogens is 1. The van der Waals surface area contributed by atoms with Crippen LogP contribution < -0.4 is 10.5 Å². The van der Waals surface area contributed by atoms with Crippen LogP contribution in [0.2, 0.25) is 0 Å². The number of para-hydroxylation sites is 1. The van der Waals surface area contributed by atoms with E-state index in [4.69, 9.17) is 20.2 Å². The molecule has 0 saturated carbocycles. The first-order chi connectivity index (χ1) is 17.9. The summed E-state index contributed by atoms with van der Waals surface area (Å²) in [5, 5.41) is 1.07. The summed E-state index contributed by atoms with van der Waals surface area (Å²) >= 11 is 0. The molecule has 1 saturated heterocycles. The number of carbonyl (C=O) groups excluding carboxylic acids is 1. The molecule has 37 heavy (non-hydrogen) atoms. The number of imidazole rings is 1. The molecule has 8 nitrogen and oxygen atoms in total. The maximum Gasteiger partial charge on any atom is 0.254 e. The number of aryl methyl sites for hydroxylation is 2. The summed E-state index contributed by atoms with van der Waals surface area (Å²) in [6.07, 6.45) is 3.27. The molecule has 4 aromatic rings. The lowest BCUT2D eigenvalue weighted by molar-refractivity contribution is 0.0725. The zero-order valence-electron chi connectivity index (χ0n) is 21.7. The van der Waals surface area contributed by atoms with Crippen LogP contribution in [0.25, 0.3) is 33.5 Å². The van der Waals surface area contributed by atoms with Crippen molar-refractivity contribution in [1.82, 2.24) is 19.0 Å². The molecule has 1 unspecified atom stereocenters. The van der Waals surface area contributed by atoms with Gasteiger partial charge < -0.3 is 29.2 Å². The van der Waals surface area contributed by atoms with Crippen LogP contribution in [0.15, 0.2) is 36.4 Å². The van der Waals surface area contributed by atoms with Gasteiger partial charge in [0.15, 0.2) is 5.82 Å². The highest BCUT2D eigenvalue weighted by Crippen LogP contribution is 2.34. The van der Waals surface area contributed by atoms with Crippen LogP contribution >= 0.6 is 0 Å². The number of methoxy groups -OCH3 is 1. The van der Waals surface area contributed by atoms with Crippen LogP contribution in [-0.2, 0) is 25.3 Å². The van der Waals surface area contributed by atoms with Crippen molar-refractivity contribution in [1.29, 1.82) is 0 Å². The second kappa shape index (κ2) is 10.5. The molecular formula is C28H34FN5O3. The lowest BCUT2D eigenvalue weighted by atomic mass is 9.97. The van der Waals surface area contributed by atoms with Crippen LogP contribution in [0.1, 0.15) is 28.8 Å². The van der Waals surface area contributed by atoms with E-state index in [9.17, 15) is 9.18 Å². The molecule has 0 radical (unpaired) electrons. The first-order valence-electron chi connectivity index (χ1n) is 12.7. The Morgan fingerprint density at radius 2 is 1.95 bits per heavy atom. The largest absolute Gasteiger partial charge is 0.495 e. The Kier molecular flexibility index (Phi) is 7.17. The van der Waals surface area contributed by atoms with Gasteiger partial charge in [0, 0.05) is 51.3 Å². The fourth-order valence-corrected chi connectivity index (χ4v) is 5.22. The Morgan fingerprint density at radius 3 is 2.62 bits per heavy atom. The van der Waals surface area contributed by atoms with Crippen molar-refractivity contribution in [3.05, 3.63) is 47.5 Å². The number of aromatic nitrogens is 3. The smallest absolute Gasteiger partial charge is 0.254 e. The van der Waals surface area contributed by atoms with Crippen molar-refractivity contribution in [2.24, 2.45) is 19.8 Å². The van der Waals surface area contributed by atoms with Crippen molar-refractivity contribution < 1.29 is 18.7 Å². The number of nitrogens with zero attached hydrogens (tertiary/aromatic N) is 4. The lowest BCUT2D eigenvalue weighted by Crippen LogP contribution is -2.45. The highest BCUT2D eigenvalue weighted by molar-refractivity contribution is 6.01. The lowest BCUT2D eigenvalue weighted by Gasteiger charge is -2.30. The van der Waals surface area contributed by atoms with E-state index in [1.165, 1.54) is 12.8 Å². The molecule has 2 aromatic heterocycles. The summed E-state index contributed by atoms with van der Waals surface area (Å²) in [4.78, 5) is 19.5. The van der Waals surface area contributed by atoms with E-state index in [0.717, 1.165) is 58.0 Å². The van der Waals surface area contributed by atoms with Gasteiger partial charge in [0.05, 0.1) is 35.4 Å². The zero-order valence-corrected chi connectivity index (χ0v) is 21.7. The van der Waals surface area contributed by atoms with Gasteiger partial charge in [-0.15, -0.1) is 0 Å². The highest BCUT2D eigenvalue weighted by atomic mass is 19.1. The first-order valence-corrected chi connectivity index (χ1v) is 12.7. The second-order valence-corrected chi connectivity index (χ2v) is 9.71. The van der Waals surface area contributed by atoms with Crippen molar-refractivity contribution in [3.8, 4) is 17.3 Å². The van der Waals surface area contributed by atoms with E-state index in [1.807, 2.05) is 32.3 Å². The van der Waals surface area contributed by atoms with Crippen LogP contribution in [0.3, 0.4) is 0 Å². The average molecular weight is 508 g/mol. The van der Waals surface area contributed by atoms with Crippen molar-refractivity contribution in [3.63, 3.8) is 0 Å². The number of alkyl halides is 1. The molecule has 4 heterocycles. The van der Waals surface area contributed by atoms with Gasteiger partial charge in [-0.05, 0) is 49.1 Å². The summed E-state index contributed by atoms with van der Waals surface area (Å²) in [5.74, 6) is 1.51. The summed E-state index contributed by atoms with van der Waals surface area (Å²) in [6, 6.07) is 11.3. The minimum absolute atomic E-state index is 0.112. The molecule has 0 spiro atoms. The monoisotopic (exact) mass is 507 g/mol. The summed E-state index contributed by atoms with van der Waals surface area (Å²) in [7, 11) is 5.66. The average Bonchev–Trinajstić information content (AvgIpc) is 3.66. The molecule has 2 aromatic carbocycles. The van der Waals surface area contributed by atoms with Crippen molar-refractivity contribution in [2.45, 2.75) is 25.3 Å². The van der Waals surface area contributed by atoms with E-state index in [0.29, 0.717) is 18.5 Å². The van der Waals surface area contributed by atoms with Crippen molar-refractivity contribution >= 4 is 27.8 Å². The molecule has 0 aliphatic carbocycles. The third-order valence-corrected chi connectivity index (χ3v) is 7.22. The molecule has 6 rings (SSSR count). The number of amides is 1. The fourth-order valence-electron chi connectivity index (χ4n) is 5.22. The molecule has 1 amide bonds. The third kappa shape index (κ3) is 4.69. The Morgan fingerprint density at radius 1 is 1.16 bits per heavy atom. The van der Waals surface area contributed by atoms with E-state index in [1.54, 1.807) is 12.0 Å². The summed E-state index contributed by atoms with van der Waals surface area (Å²) < 4.78 is 27.5. The molecule has 2 aliphatic rings. The van der Waals surface area contributed by atoms with Crippen molar-refractivity contribution in [2.75, 3.05) is 40.1 Å². The predicted molar refractivity (Wildman–Crippen MR) is 143 cm³/mol. The number of ether oxygens (including phenoxy) is 2. The van der Waals surface area contributed by atoms with Gasteiger partial charge in [0.2, 0.25) is 0 Å². The number of nitrogens with two attached hydrogens (primary N) is 1. The first kappa shape index (κ1) is 25.2. The molecule has 196 valence electrons. The van der Waals surface area contributed by atoms with E-state index in [2.05, 4.69) is 27.3 Å². The third-order valence-electron chi connectivity index (χ3n) is 7.22. The van der Waals surface area contributed by atoms with Gasteiger partial charge in [-0.1, -0.05) is 12.1 Å². The van der Waals surface area contributed by atoms with Gasteiger partial charge in [0.25, 0.3) is 5.91 Å². The SMILES string of the molecule is C1CCOC1.COc1cccc2cc(-c3nc4cc5c(cc4n3C)CCN(CC(N)CF)C5=O)n(C)c12. The Balaban J connectivity index is 0.000000503. The highest BCUT2D eigenvalue weighted by Gasteiger charge is 2.27. The van der Waals surface area contributed by atoms with E-state index < -0.39 is 12.7 Å². The molecule has 2 aliphatic heterocycles. The number of hydrogen-bond acceptors (Lipinski definition) is 5. The number of carbonyl (C=O) groups is 1. The van der Waals surface area contributed by atoms with E-state index in [-0.39, 0.29) is 12.5 Å². The van der Waals surface area contributed by atoms with Gasteiger partial charge in [-0.2, -0.15) is 0 Å². The van der Waals surface area contributed by atoms with Crippen LogP contribution in [-0.4, -0.2) is 71.1 Å². The molecule has 2 N–H and O–H groups in total. The zero-order chi connectivity index (χ0) is 26.1. The Bertz CT molecular complexity index is 1430. The van der Waals surface area contributed by atoms with E-state index >= 15 is 0 Å². The van der Waals surface area contributed by atoms with Crippen LogP contribution in [0.5, 0.6) is 5.75 Å². The van der Waals surface area contributed by atoms with Crippen LogP contribution in [0, 0.1) is 0 Å². The minimum atomic E-state index is -0.658. The molecule has 1 fully saturated rings. The van der Waals surface area contributed by atoms with Gasteiger partial charge in [-0.25, -0.2) is 9.37 Å². The Hall–Kier alpha value is -3.43. The molecular weight excluding hydrogens is 473 g/mol. The standard InChI is InChI=1S/C24H26FN5O2.C4H8O/c1-28-20(10-15-5-4-6-21(32-3)22(15)28)23-27-18-11-17-14(9-19(18)29(23)2)7-8-30(24(17)31)13-16(26)12-25;1-2-4-5-3-1/h4-6,9-11,16H,7-8,12-13,26H2,1-3H3;1-4H2. The number of fused-ring (bicyclic) bond motifs is 3. The maximum absolute atomic E-state index is 13.0. The number of rotatable bonds is 5. The number of hydrogen-bond donors (Lipinski definition) is 1.